The lowest BCUT2D eigenvalue weighted by Gasteiger charge is -2.06. The zero-order valence-corrected chi connectivity index (χ0v) is 10.2. The van der Waals surface area contributed by atoms with Crippen LogP contribution in [0.2, 0.25) is 0 Å². The number of carbonyl (C=O) groups excluding carboxylic acids is 1. The van der Waals surface area contributed by atoms with Crippen LogP contribution in [0.4, 0.5) is 4.39 Å². The van der Waals surface area contributed by atoms with E-state index in [9.17, 15) is 9.18 Å². The van der Waals surface area contributed by atoms with Crippen LogP contribution in [0.1, 0.15) is 17.3 Å². The maximum Gasteiger partial charge on any atom is 0.165 e. The Morgan fingerprint density at radius 1 is 1.11 bits per heavy atom. The molecule has 0 aliphatic heterocycles. The van der Waals surface area contributed by atoms with Crippen LogP contribution in [0.15, 0.2) is 42.5 Å². The van der Waals surface area contributed by atoms with E-state index < -0.39 is 5.82 Å². The molecule has 92 valence electrons. The van der Waals surface area contributed by atoms with Crippen LogP contribution < -0.4 is 4.74 Å². The molecule has 0 amide bonds. The van der Waals surface area contributed by atoms with Crippen molar-refractivity contribution in [1.29, 1.82) is 0 Å². The first-order chi connectivity index (χ1) is 8.61. The van der Waals surface area contributed by atoms with E-state index in [1.54, 1.807) is 30.3 Å². The van der Waals surface area contributed by atoms with Gasteiger partial charge in [-0.05, 0) is 36.2 Å². The summed E-state index contributed by atoms with van der Waals surface area (Å²) >= 11 is 0. The van der Waals surface area contributed by atoms with Crippen LogP contribution >= 0.6 is 0 Å². The number of rotatable bonds is 3. The van der Waals surface area contributed by atoms with Crippen molar-refractivity contribution in [1.82, 2.24) is 0 Å². The van der Waals surface area contributed by atoms with Crippen LogP contribution in [-0.2, 0) is 0 Å². The Balaban J connectivity index is 2.45. The van der Waals surface area contributed by atoms with Crippen LogP contribution in [0.25, 0.3) is 11.1 Å². The topological polar surface area (TPSA) is 26.3 Å². The average Bonchev–Trinajstić information content (AvgIpc) is 2.38. The quantitative estimate of drug-likeness (QED) is 0.769. The summed E-state index contributed by atoms with van der Waals surface area (Å²) in [5.74, 6) is -0.212. The van der Waals surface area contributed by atoms with Crippen LogP contribution in [0, 0.1) is 5.82 Å². The molecule has 0 aliphatic rings. The minimum atomic E-state index is -0.414. The Labute approximate surface area is 105 Å². The Morgan fingerprint density at radius 3 is 2.44 bits per heavy atom. The number of carbonyl (C=O) groups is 1. The first kappa shape index (κ1) is 12.3. The second-order valence-corrected chi connectivity index (χ2v) is 3.99. The maximum atomic E-state index is 13.6. The molecule has 0 N–H and O–H groups in total. The second-order valence-electron chi connectivity index (χ2n) is 3.99. The number of hydrogen-bond donors (Lipinski definition) is 0. The molecule has 18 heavy (non-hydrogen) atoms. The van der Waals surface area contributed by atoms with Gasteiger partial charge in [-0.3, -0.25) is 4.79 Å². The summed E-state index contributed by atoms with van der Waals surface area (Å²) in [4.78, 5) is 11.3. The number of Topliss-reactive ketones (excluding diaryl/α,β-unsaturated/α-hetero) is 1. The number of benzene rings is 2. The summed E-state index contributed by atoms with van der Waals surface area (Å²) in [5, 5.41) is 0. The third kappa shape index (κ3) is 2.40. The number of ketones is 1. The van der Waals surface area contributed by atoms with Crippen LogP contribution in [0.5, 0.6) is 5.75 Å². The van der Waals surface area contributed by atoms with Gasteiger partial charge in [0, 0.05) is 5.56 Å². The Hall–Kier alpha value is -2.16. The van der Waals surface area contributed by atoms with Gasteiger partial charge in [0.2, 0.25) is 0 Å². The van der Waals surface area contributed by atoms with Gasteiger partial charge in [-0.15, -0.1) is 0 Å². The molecule has 0 spiro atoms. The van der Waals surface area contributed by atoms with Gasteiger partial charge in [0.1, 0.15) is 0 Å². The smallest absolute Gasteiger partial charge is 0.165 e. The predicted octanol–water partition coefficient (Wildman–Crippen LogP) is 3.70. The van der Waals surface area contributed by atoms with Gasteiger partial charge in [0.25, 0.3) is 0 Å². The maximum absolute atomic E-state index is 13.6. The molecule has 0 heterocycles. The molecule has 0 bridgehead atoms. The van der Waals surface area contributed by atoms with E-state index in [4.69, 9.17) is 4.74 Å². The van der Waals surface area contributed by atoms with Crippen molar-refractivity contribution in [3.05, 3.63) is 53.8 Å². The highest BCUT2D eigenvalue weighted by molar-refractivity contribution is 5.95. The van der Waals surface area contributed by atoms with Gasteiger partial charge in [-0.25, -0.2) is 4.39 Å². The molecule has 2 aromatic rings. The molecular formula is C15H13FO2. The van der Waals surface area contributed by atoms with E-state index in [1.165, 1.54) is 20.1 Å². The van der Waals surface area contributed by atoms with Crippen molar-refractivity contribution in [2.24, 2.45) is 0 Å². The minimum Gasteiger partial charge on any atom is -0.494 e. The van der Waals surface area contributed by atoms with Crippen molar-refractivity contribution in [3.8, 4) is 16.9 Å². The standard InChI is InChI=1S/C15H13FO2/c1-10(17)11-4-3-5-12(8-11)13-6-7-15(18-2)14(16)9-13/h3-9H,1-2H3. The normalized spacial score (nSPS) is 10.2. The second kappa shape index (κ2) is 5.00. The van der Waals surface area contributed by atoms with Gasteiger partial charge in [-0.2, -0.15) is 0 Å². The fourth-order valence-corrected chi connectivity index (χ4v) is 1.76. The zero-order valence-electron chi connectivity index (χ0n) is 10.2. The lowest BCUT2D eigenvalue weighted by atomic mass is 10.0. The summed E-state index contributed by atoms with van der Waals surface area (Å²) in [6.45, 7) is 1.51. The highest BCUT2D eigenvalue weighted by atomic mass is 19.1. The van der Waals surface area contributed by atoms with E-state index in [1.807, 2.05) is 6.07 Å². The third-order valence-electron chi connectivity index (χ3n) is 2.75. The molecule has 0 aliphatic carbocycles. The highest BCUT2D eigenvalue weighted by Crippen LogP contribution is 2.26. The summed E-state index contributed by atoms with van der Waals surface area (Å²) < 4.78 is 18.5. The largest absolute Gasteiger partial charge is 0.494 e. The predicted molar refractivity (Wildman–Crippen MR) is 68.4 cm³/mol. The first-order valence-corrected chi connectivity index (χ1v) is 5.56. The van der Waals surface area contributed by atoms with Crippen molar-refractivity contribution in [3.63, 3.8) is 0 Å². The first-order valence-electron chi connectivity index (χ1n) is 5.56. The van der Waals surface area contributed by atoms with Crippen molar-refractivity contribution < 1.29 is 13.9 Å². The van der Waals surface area contributed by atoms with Crippen molar-refractivity contribution in [2.45, 2.75) is 6.92 Å². The Morgan fingerprint density at radius 2 is 1.83 bits per heavy atom. The number of halogens is 1. The Bertz CT molecular complexity index is 591. The third-order valence-corrected chi connectivity index (χ3v) is 2.75. The molecular weight excluding hydrogens is 231 g/mol. The lowest BCUT2D eigenvalue weighted by molar-refractivity contribution is 0.101. The summed E-state index contributed by atoms with van der Waals surface area (Å²) in [7, 11) is 1.43. The monoisotopic (exact) mass is 244 g/mol. The molecule has 0 atom stereocenters. The molecule has 0 aromatic heterocycles. The van der Waals surface area contributed by atoms with Crippen molar-refractivity contribution >= 4 is 5.78 Å². The number of hydrogen-bond acceptors (Lipinski definition) is 2. The van der Waals surface area contributed by atoms with E-state index in [-0.39, 0.29) is 11.5 Å². The van der Waals surface area contributed by atoms with E-state index in [2.05, 4.69) is 0 Å². The molecule has 2 aromatic carbocycles. The molecule has 0 fully saturated rings. The molecule has 0 unspecified atom stereocenters. The average molecular weight is 244 g/mol. The zero-order chi connectivity index (χ0) is 13.1. The molecule has 0 saturated heterocycles. The molecule has 0 saturated carbocycles. The van der Waals surface area contributed by atoms with Gasteiger partial charge in [0.15, 0.2) is 17.3 Å². The van der Waals surface area contributed by atoms with Gasteiger partial charge in [-0.1, -0.05) is 24.3 Å². The highest BCUT2D eigenvalue weighted by Gasteiger charge is 2.06. The SMILES string of the molecule is COc1ccc(-c2cccc(C(C)=O)c2)cc1F. The van der Waals surface area contributed by atoms with E-state index in [0.717, 1.165) is 11.1 Å². The summed E-state index contributed by atoms with van der Waals surface area (Å²) in [6.07, 6.45) is 0. The number of ether oxygens (including phenoxy) is 1. The molecule has 3 heteroatoms. The van der Waals surface area contributed by atoms with Gasteiger partial charge < -0.3 is 4.74 Å². The Kier molecular flexibility index (Phi) is 3.42. The molecule has 2 nitrogen and oxygen atoms in total. The fraction of sp³-hybridized carbons (Fsp3) is 0.133. The van der Waals surface area contributed by atoms with E-state index >= 15 is 0 Å². The van der Waals surface area contributed by atoms with Crippen LogP contribution in [0.3, 0.4) is 0 Å². The number of methoxy groups -OCH3 is 1. The van der Waals surface area contributed by atoms with Gasteiger partial charge >= 0.3 is 0 Å². The lowest BCUT2D eigenvalue weighted by Crippen LogP contribution is -1.92. The summed E-state index contributed by atoms with van der Waals surface area (Å²) in [5.41, 5.74) is 2.14. The van der Waals surface area contributed by atoms with Crippen molar-refractivity contribution in [2.75, 3.05) is 7.11 Å². The van der Waals surface area contributed by atoms with Crippen LogP contribution in [-0.4, -0.2) is 12.9 Å². The van der Waals surface area contributed by atoms with E-state index in [0.29, 0.717) is 5.56 Å². The minimum absolute atomic E-state index is 0.00849. The van der Waals surface area contributed by atoms with Gasteiger partial charge in [0.05, 0.1) is 7.11 Å². The fourth-order valence-electron chi connectivity index (χ4n) is 1.76. The molecule has 2 rings (SSSR count). The summed E-state index contributed by atoms with van der Waals surface area (Å²) in [6, 6.07) is 11.9. The molecule has 0 radical (unpaired) electrons.